The molecule has 1 saturated heterocycles. The fourth-order valence-corrected chi connectivity index (χ4v) is 4.62. The van der Waals surface area contributed by atoms with Gasteiger partial charge in [-0.25, -0.2) is 9.78 Å². The molecule has 35 heavy (non-hydrogen) atoms. The maximum atomic E-state index is 14.5. The number of hydrogen-bond donors (Lipinski definition) is 1. The van der Waals surface area contributed by atoms with E-state index < -0.39 is 11.9 Å². The van der Waals surface area contributed by atoms with Crippen molar-refractivity contribution < 1.29 is 23.8 Å². The zero-order chi connectivity index (χ0) is 24.5. The van der Waals surface area contributed by atoms with Crippen molar-refractivity contribution in [1.29, 1.82) is 0 Å². The predicted octanol–water partition coefficient (Wildman–Crippen LogP) is 5.85. The maximum Gasteiger partial charge on any atom is 0.407 e. The van der Waals surface area contributed by atoms with Gasteiger partial charge in [0.05, 0.1) is 30.1 Å². The lowest BCUT2D eigenvalue weighted by Gasteiger charge is -2.32. The van der Waals surface area contributed by atoms with Crippen molar-refractivity contribution in [3.8, 4) is 28.5 Å². The molecule has 4 aromatic rings. The van der Waals surface area contributed by atoms with Gasteiger partial charge in [0, 0.05) is 24.5 Å². The molecule has 0 radical (unpaired) electrons. The van der Waals surface area contributed by atoms with Gasteiger partial charge in [0.2, 0.25) is 5.82 Å². The van der Waals surface area contributed by atoms with Crippen LogP contribution >= 0.6 is 0 Å². The number of piperidine rings is 1. The number of likely N-dealkylation sites (tertiary alicyclic amines) is 1. The van der Waals surface area contributed by atoms with Crippen molar-refractivity contribution in [2.75, 3.05) is 13.7 Å². The summed E-state index contributed by atoms with van der Waals surface area (Å²) in [6, 6.07) is 11.6. The lowest BCUT2D eigenvalue weighted by molar-refractivity contribution is 0.103. The van der Waals surface area contributed by atoms with E-state index in [1.54, 1.807) is 24.4 Å². The van der Waals surface area contributed by atoms with E-state index in [1.807, 2.05) is 29.7 Å². The molecule has 0 spiro atoms. The zero-order valence-corrected chi connectivity index (χ0v) is 19.4. The third-order valence-corrected chi connectivity index (χ3v) is 6.31. The molecule has 180 valence electrons. The number of halogens is 1. The average Bonchev–Trinajstić information content (AvgIpc) is 3.26. The molecule has 1 fully saturated rings. The number of ether oxygens (including phenoxy) is 2. The summed E-state index contributed by atoms with van der Waals surface area (Å²) in [4.78, 5) is 22.7. The summed E-state index contributed by atoms with van der Waals surface area (Å²) in [6.45, 7) is 2.39. The molecule has 5 rings (SSSR count). The standard InChI is InChI=1S/C26H25FN4O4/c1-16-24-23(17-9-11-18(12-10-17)35-21-8-5-7-20(34-2)22(21)27)29-25(31(24)15-13-28-16)19-6-3-4-14-30(19)26(32)33/h5,7-13,15,19H,3-4,6,14H2,1-2H3,(H,32,33)/t19-/m0/s1. The Morgan fingerprint density at radius 2 is 1.91 bits per heavy atom. The Hall–Kier alpha value is -4.14. The second-order valence-corrected chi connectivity index (χ2v) is 8.44. The minimum atomic E-state index is -0.940. The number of fused-ring (bicyclic) bond motifs is 1. The molecule has 9 heteroatoms. The molecule has 3 heterocycles. The molecule has 1 atom stereocenters. The lowest BCUT2D eigenvalue weighted by atomic mass is 10.0. The van der Waals surface area contributed by atoms with Gasteiger partial charge in [0.25, 0.3) is 0 Å². The van der Waals surface area contributed by atoms with E-state index in [4.69, 9.17) is 14.5 Å². The quantitative estimate of drug-likeness (QED) is 0.389. The molecular weight excluding hydrogens is 451 g/mol. The molecule has 1 N–H and O–H groups in total. The summed E-state index contributed by atoms with van der Waals surface area (Å²) in [5.74, 6) is 0.751. The number of rotatable bonds is 5. The van der Waals surface area contributed by atoms with E-state index in [1.165, 1.54) is 24.1 Å². The Labute approximate surface area is 201 Å². The molecular formula is C26H25FN4O4. The molecule has 1 amide bonds. The number of benzene rings is 2. The number of methoxy groups -OCH3 is 1. The Balaban J connectivity index is 1.52. The number of hydrogen-bond acceptors (Lipinski definition) is 5. The van der Waals surface area contributed by atoms with Gasteiger partial charge in [-0.15, -0.1) is 0 Å². The third kappa shape index (κ3) is 4.14. The van der Waals surface area contributed by atoms with Crippen LogP contribution in [0, 0.1) is 12.7 Å². The number of nitrogens with zero attached hydrogens (tertiary/aromatic N) is 4. The van der Waals surface area contributed by atoms with Crippen LogP contribution in [0.1, 0.15) is 36.8 Å². The van der Waals surface area contributed by atoms with E-state index in [-0.39, 0.29) is 17.5 Å². The minimum absolute atomic E-state index is 0.0675. The first-order valence-electron chi connectivity index (χ1n) is 11.4. The van der Waals surface area contributed by atoms with Crippen LogP contribution in [-0.4, -0.2) is 44.1 Å². The first kappa shape index (κ1) is 22.6. The summed E-state index contributed by atoms with van der Waals surface area (Å²) < 4.78 is 27.2. The van der Waals surface area contributed by atoms with Crippen LogP contribution in [0.2, 0.25) is 0 Å². The number of amides is 1. The predicted molar refractivity (Wildman–Crippen MR) is 128 cm³/mol. The van der Waals surface area contributed by atoms with Crippen molar-refractivity contribution in [1.82, 2.24) is 19.3 Å². The van der Waals surface area contributed by atoms with Crippen molar-refractivity contribution in [3.05, 3.63) is 72.2 Å². The van der Waals surface area contributed by atoms with Gasteiger partial charge >= 0.3 is 6.09 Å². The summed E-state index contributed by atoms with van der Waals surface area (Å²) in [6.07, 6.45) is 5.08. The van der Waals surface area contributed by atoms with Crippen LogP contribution in [-0.2, 0) is 0 Å². The number of carboxylic acid groups (broad SMARTS) is 1. The van der Waals surface area contributed by atoms with Crippen molar-refractivity contribution in [3.63, 3.8) is 0 Å². The molecule has 0 bridgehead atoms. The van der Waals surface area contributed by atoms with E-state index >= 15 is 0 Å². The number of aromatic nitrogens is 3. The van der Waals surface area contributed by atoms with Crippen molar-refractivity contribution >= 4 is 11.6 Å². The summed E-state index contributed by atoms with van der Waals surface area (Å²) in [7, 11) is 1.40. The van der Waals surface area contributed by atoms with E-state index in [9.17, 15) is 14.3 Å². The molecule has 0 unspecified atom stereocenters. The zero-order valence-electron chi connectivity index (χ0n) is 19.4. The minimum Gasteiger partial charge on any atom is -0.494 e. The monoisotopic (exact) mass is 476 g/mol. The SMILES string of the molecule is COc1cccc(Oc2ccc(-c3nc([C@@H]4CCCCN4C(=O)O)n4ccnc(C)c34)cc2)c1F. The second kappa shape index (κ2) is 9.25. The van der Waals surface area contributed by atoms with Crippen molar-refractivity contribution in [2.24, 2.45) is 0 Å². The Morgan fingerprint density at radius 3 is 2.66 bits per heavy atom. The van der Waals surface area contributed by atoms with Crippen LogP contribution in [0.5, 0.6) is 17.2 Å². The number of aryl methyl sites for hydroxylation is 1. The van der Waals surface area contributed by atoms with Crippen LogP contribution in [0.15, 0.2) is 54.9 Å². The summed E-state index contributed by atoms with van der Waals surface area (Å²) >= 11 is 0. The highest BCUT2D eigenvalue weighted by atomic mass is 19.1. The Morgan fingerprint density at radius 1 is 1.14 bits per heavy atom. The van der Waals surface area contributed by atoms with Gasteiger partial charge < -0.3 is 14.6 Å². The molecule has 1 aliphatic heterocycles. The first-order valence-corrected chi connectivity index (χ1v) is 11.4. The van der Waals surface area contributed by atoms with Gasteiger partial charge in [0.1, 0.15) is 11.6 Å². The van der Waals surface area contributed by atoms with Crippen LogP contribution in [0.4, 0.5) is 9.18 Å². The molecule has 0 aliphatic carbocycles. The van der Waals surface area contributed by atoms with Crippen LogP contribution < -0.4 is 9.47 Å². The topological polar surface area (TPSA) is 89.2 Å². The summed E-state index contributed by atoms with van der Waals surface area (Å²) in [5.41, 5.74) is 3.14. The van der Waals surface area contributed by atoms with Gasteiger partial charge in [-0.3, -0.25) is 14.3 Å². The Kier molecular flexibility index (Phi) is 5.98. The second-order valence-electron chi connectivity index (χ2n) is 8.44. The molecule has 2 aromatic heterocycles. The van der Waals surface area contributed by atoms with Crippen LogP contribution in [0.25, 0.3) is 16.8 Å². The number of carbonyl (C=O) groups is 1. The molecule has 2 aromatic carbocycles. The lowest BCUT2D eigenvalue weighted by Crippen LogP contribution is -2.38. The average molecular weight is 477 g/mol. The highest BCUT2D eigenvalue weighted by Crippen LogP contribution is 2.36. The molecule has 1 aliphatic rings. The normalized spacial score (nSPS) is 15.9. The van der Waals surface area contributed by atoms with Gasteiger partial charge in [-0.05, 0) is 62.6 Å². The third-order valence-electron chi connectivity index (χ3n) is 6.31. The van der Waals surface area contributed by atoms with Gasteiger partial charge in [-0.1, -0.05) is 6.07 Å². The smallest absolute Gasteiger partial charge is 0.407 e. The Bertz CT molecular complexity index is 1390. The molecule has 0 saturated carbocycles. The number of imidazole rings is 1. The fraction of sp³-hybridized carbons (Fsp3) is 0.269. The fourth-order valence-electron chi connectivity index (χ4n) is 4.62. The largest absolute Gasteiger partial charge is 0.494 e. The van der Waals surface area contributed by atoms with Crippen molar-refractivity contribution in [2.45, 2.75) is 32.2 Å². The van der Waals surface area contributed by atoms with Crippen LogP contribution in [0.3, 0.4) is 0 Å². The maximum absolute atomic E-state index is 14.5. The summed E-state index contributed by atoms with van der Waals surface area (Å²) in [5, 5.41) is 9.75. The highest BCUT2D eigenvalue weighted by molar-refractivity contribution is 5.80. The van der Waals surface area contributed by atoms with Gasteiger partial charge in [-0.2, -0.15) is 4.39 Å². The first-order chi connectivity index (χ1) is 17.0. The van der Waals surface area contributed by atoms with Gasteiger partial charge in [0.15, 0.2) is 11.5 Å². The van der Waals surface area contributed by atoms with E-state index in [0.717, 1.165) is 29.6 Å². The molecule has 8 nitrogen and oxygen atoms in total. The van der Waals surface area contributed by atoms with E-state index in [2.05, 4.69) is 4.98 Å². The van der Waals surface area contributed by atoms with E-state index in [0.29, 0.717) is 30.2 Å². The highest BCUT2D eigenvalue weighted by Gasteiger charge is 2.32.